The monoisotopic (exact) mass is 498 g/mol. The molecule has 0 atom stereocenters. The number of nitrogens with one attached hydrogen (secondary N) is 2. The fourth-order valence-electron chi connectivity index (χ4n) is 2.62. The summed E-state index contributed by atoms with van der Waals surface area (Å²) in [6.07, 6.45) is 1.15. The Hall–Kier alpha value is -2.16. The molecule has 0 bridgehead atoms. The molecule has 0 aliphatic heterocycles. The number of amides is 1. The van der Waals surface area contributed by atoms with Gasteiger partial charge in [0.2, 0.25) is 5.91 Å². The number of hydrogen-bond donors (Lipinski definition) is 2. The standard InChI is InChI=1S/C21H27FN4O.HI/c1-23-21(24-14-12-17-8-10-19(22)11-9-17)25-15-13-20(27)26(2)16-18-6-4-3-5-7-18;/h3-11H,12-16H2,1-2H3,(H2,23,24,25);1H. The fourth-order valence-corrected chi connectivity index (χ4v) is 2.62. The highest BCUT2D eigenvalue weighted by Crippen LogP contribution is 2.04. The van der Waals surface area contributed by atoms with Crippen LogP contribution in [0.5, 0.6) is 0 Å². The summed E-state index contributed by atoms with van der Waals surface area (Å²) in [5.41, 5.74) is 2.16. The summed E-state index contributed by atoms with van der Waals surface area (Å²) in [4.78, 5) is 18.1. The van der Waals surface area contributed by atoms with Crippen LogP contribution in [0.3, 0.4) is 0 Å². The molecular formula is C21H28FIN4O. The topological polar surface area (TPSA) is 56.7 Å². The number of benzene rings is 2. The molecule has 2 rings (SSSR count). The van der Waals surface area contributed by atoms with Gasteiger partial charge in [-0.25, -0.2) is 4.39 Å². The molecule has 0 heterocycles. The van der Waals surface area contributed by atoms with E-state index in [0.29, 0.717) is 32.0 Å². The lowest BCUT2D eigenvalue weighted by molar-refractivity contribution is -0.130. The smallest absolute Gasteiger partial charge is 0.224 e. The molecule has 0 spiro atoms. The maximum Gasteiger partial charge on any atom is 0.224 e. The lowest BCUT2D eigenvalue weighted by Gasteiger charge is -2.18. The van der Waals surface area contributed by atoms with Crippen molar-refractivity contribution in [2.45, 2.75) is 19.4 Å². The molecule has 0 aromatic heterocycles. The maximum absolute atomic E-state index is 12.9. The van der Waals surface area contributed by atoms with Gasteiger partial charge < -0.3 is 15.5 Å². The molecule has 0 saturated carbocycles. The minimum Gasteiger partial charge on any atom is -0.356 e. The Bertz CT molecular complexity index is 738. The number of hydrogen-bond acceptors (Lipinski definition) is 2. The van der Waals surface area contributed by atoms with Crippen molar-refractivity contribution in [3.8, 4) is 0 Å². The predicted octanol–water partition coefficient (Wildman–Crippen LogP) is 3.20. The van der Waals surface area contributed by atoms with Crippen LogP contribution in [0.25, 0.3) is 0 Å². The normalized spacial score (nSPS) is 10.8. The zero-order valence-electron chi connectivity index (χ0n) is 16.3. The summed E-state index contributed by atoms with van der Waals surface area (Å²) in [5.74, 6) is 0.495. The van der Waals surface area contributed by atoms with Crippen LogP contribution < -0.4 is 10.6 Å². The highest BCUT2D eigenvalue weighted by molar-refractivity contribution is 14.0. The summed E-state index contributed by atoms with van der Waals surface area (Å²) in [6.45, 7) is 1.78. The minimum absolute atomic E-state index is 0. The van der Waals surface area contributed by atoms with E-state index in [9.17, 15) is 9.18 Å². The van der Waals surface area contributed by atoms with E-state index in [0.717, 1.165) is 17.5 Å². The van der Waals surface area contributed by atoms with E-state index in [1.807, 2.05) is 37.4 Å². The maximum atomic E-state index is 12.9. The third-order valence-electron chi connectivity index (χ3n) is 4.16. The van der Waals surface area contributed by atoms with Crippen molar-refractivity contribution in [3.05, 3.63) is 71.5 Å². The predicted molar refractivity (Wildman–Crippen MR) is 122 cm³/mol. The molecular weight excluding hydrogens is 470 g/mol. The van der Waals surface area contributed by atoms with Crippen molar-refractivity contribution < 1.29 is 9.18 Å². The van der Waals surface area contributed by atoms with E-state index in [1.54, 1.807) is 24.1 Å². The molecule has 152 valence electrons. The van der Waals surface area contributed by atoms with E-state index in [-0.39, 0.29) is 35.7 Å². The van der Waals surface area contributed by atoms with Crippen LogP contribution in [0, 0.1) is 5.82 Å². The molecule has 1 amide bonds. The Balaban J connectivity index is 0.00000392. The first kappa shape index (κ1) is 23.9. The average Bonchev–Trinajstić information content (AvgIpc) is 2.68. The van der Waals surface area contributed by atoms with Crippen molar-refractivity contribution in [1.29, 1.82) is 0 Å². The molecule has 0 fully saturated rings. The van der Waals surface area contributed by atoms with E-state index >= 15 is 0 Å². The summed E-state index contributed by atoms with van der Waals surface area (Å²) >= 11 is 0. The van der Waals surface area contributed by atoms with Gasteiger partial charge in [-0.3, -0.25) is 9.79 Å². The molecule has 28 heavy (non-hydrogen) atoms. The van der Waals surface area contributed by atoms with Crippen molar-refractivity contribution in [3.63, 3.8) is 0 Å². The Morgan fingerprint density at radius 3 is 2.29 bits per heavy atom. The molecule has 0 aliphatic rings. The number of rotatable bonds is 8. The number of carbonyl (C=O) groups excluding carboxylic acids is 1. The van der Waals surface area contributed by atoms with Crippen LogP contribution in [-0.2, 0) is 17.8 Å². The van der Waals surface area contributed by atoms with Crippen LogP contribution in [-0.4, -0.2) is 44.0 Å². The van der Waals surface area contributed by atoms with E-state index in [2.05, 4.69) is 15.6 Å². The molecule has 2 aromatic rings. The Morgan fingerprint density at radius 1 is 1.00 bits per heavy atom. The van der Waals surface area contributed by atoms with E-state index in [1.165, 1.54) is 12.1 Å². The first-order valence-corrected chi connectivity index (χ1v) is 9.05. The summed E-state index contributed by atoms with van der Waals surface area (Å²) < 4.78 is 12.9. The van der Waals surface area contributed by atoms with Gasteiger partial charge in [0.25, 0.3) is 0 Å². The quantitative estimate of drug-likeness (QED) is 0.334. The third kappa shape index (κ3) is 8.69. The largest absolute Gasteiger partial charge is 0.356 e. The minimum atomic E-state index is -0.230. The van der Waals surface area contributed by atoms with E-state index in [4.69, 9.17) is 0 Å². The second-order valence-corrected chi connectivity index (χ2v) is 6.29. The van der Waals surface area contributed by atoms with Gasteiger partial charge in [-0.15, -0.1) is 24.0 Å². The Morgan fingerprint density at radius 2 is 1.64 bits per heavy atom. The third-order valence-corrected chi connectivity index (χ3v) is 4.16. The molecule has 7 heteroatoms. The average molecular weight is 498 g/mol. The second-order valence-electron chi connectivity index (χ2n) is 6.29. The van der Waals surface area contributed by atoms with Gasteiger partial charge in [0.1, 0.15) is 5.82 Å². The fraction of sp³-hybridized carbons (Fsp3) is 0.333. The Kier molecular flexibility index (Phi) is 11.2. The molecule has 0 saturated heterocycles. The molecule has 0 aliphatic carbocycles. The molecule has 0 radical (unpaired) electrons. The number of nitrogens with zero attached hydrogens (tertiary/aromatic N) is 2. The number of aliphatic imine (C=N–C) groups is 1. The Labute approximate surface area is 183 Å². The van der Waals surface area contributed by atoms with Crippen LogP contribution in [0.2, 0.25) is 0 Å². The summed E-state index contributed by atoms with van der Waals surface area (Å²) in [7, 11) is 3.50. The zero-order chi connectivity index (χ0) is 19.5. The van der Waals surface area contributed by atoms with Crippen molar-refractivity contribution >= 4 is 35.8 Å². The van der Waals surface area contributed by atoms with Crippen molar-refractivity contribution in [2.24, 2.45) is 4.99 Å². The van der Waals surface area contributed by atoms with Gasteiger partial charge in [0.05, 0.1) is 0 Å². The molecule has 5 nitrogen and oxygen atoms in total. The van der Waals surface area contributed by atoms with Gasteiger partial charge in [0.15, 0.2) is 5.96 Å². The molecule has 2 aromatic carbocycles. The summed E-state index contributed by atoms with van der Waals surface area (Å²) in [6, 6.07) is 16.4. The highest BCUT2D eigenvalue weighted by atomic mass is 127. The van der Waals surface area contributed by atoms with Crippen molar-refractivity contribution in [1.82, 2.24) is 15.5 Å². The van der Waals surface area contributed by atoms with Gasteiger partial charge >= 0.3 is 0 Å². The number of guanidine groups is 1. The first-order chi connectivity index (χ1) is 13.1. The molecule has 2 N–H and O–H groups in total. The second kappa shape index (κ2) is 13.1. The number of carbonyl (C=O) groups is 1. The highest BCUT2D eigenvalue weighted by Gasteiger charge is 2.09. The first-order valence-electron chi connectivity index (χ1n) is 9.05. The van der Waals surface area contributed by atoms with Gasteiger partial charge in [-0.05, 0) is 29.7 Å². The van der Waals surface area contributed by atoms with Crippen LogP contribution in [0.4, 0.5) is 4.39 Å². The van der Waals surface area contributed by atoms with E-state index < -0.39 is 0 Å². The summed E-state index contributed by atoms with van der Waals surface area (Å²) in [5, 5.41) is 6.34. The zero-order valence-corrected chi connectivity index (χ0v) is 18.7. The molecule has 0 unspecified atom stereocenters. The van der Waals surface area contributed by atoms with Crippen molar-refractivity contribution in [2.75, 3.05) is 27.2 Å². The van der Waals surface area contributed by atoms with Crippen LogP contribution in [0.1, 0.15) is 17.5 Å². The van der Waals surface area contributed by atoms with Crippen LogP contribution in [0.15, 0.2) is 59.6 Å². The van der Waals surface area contributed by atoms with Gasteiger partial charge in [-0.1, -0.05) is 42.5 Å². The van der Waals surface area contributed by atoms with Gasteiger partial charge in [0, 0.05) is 40.2 Å². The van der Waals surface area contributed by atoms with Crippen LogP contribution >= 0.6 is 24.0 Å². The lowest BCUT2D eigenvalue weighted by Crippen LogP contribution is -2.40. The number of halogens is 2. The van der Waals surface area contributed by atoms with Gasteiger partial charge in [-0.2, -0.15) is 0 Å². The SMILES string of the molecule is CN=C(NCCC(=O)N(C)Cc1ccccc1)NCCc1ccc(F)cc1.I. The lowest BCUT2D eigenvalue weighted by atomic mass is 10.1.